The van der Waals surface area contributed by atoms with Crippen LogP contribution in [-0.2, 0) is 7.05 Å². The number of hydrogen-bond donors (Lipinski definition) is 0. The maximum Gasteiger partial charge on any atom is 0.216 e. The van der Waals surface area contributed by atoms with E-state index in [1.165, 1.54) is 5.56 Å². The largest absolute Gasteiger partial charge is 0.453 e. The molecule has 3 heteroatoms. The molecule has 0 atom stereocenters. The highest BCUT2D eigenvalue weighted by molar-refractivity contribution is 6.10. The SMILES string of the molecule is [2H]C([2H])([2H])c1c[n+](C)c(-c2c(C)ccc3c2oc2cc4cc(C)ccc4nc23)cc1C. The van der Waals surface area contributed by atoms with Gasteiger partial charge in [0.05, 0.1) is 11.1 Å². The van der Waals surface area contributed by atoms with Crippen LogP contribution in [0, 0.1) is 27.6 Å². The molecule has 5 aromatic rings. The zero-order chi connectivity index (χ0) is 22.1. The molecule has 0 aliphatic rings. The molecule has 3 heterocycles. The molecule has 5 rings (SSSR count). The van der Waals surface area contributed by atoms with E-state index in [0.29, 0.717) is 5.56 Å². The number of aromatic nitrogens is 2. The number of hydrogen-bond acceptors (Lipinski definition) is 2. The Labute approximate surface area is 168 Å². The monoisotopic (exact) mass is 370 g/mol. The highest BCUT2D eigenvalue weighted by atomic mass is 16.3. The maximum absolute atomic E-state index is 7.81. The first kappa shape index (κ1) is 13.9. The Balaban J connectivity index is 1.83. The molecule has 0 aliphatic heterocycles. The molecule has 0 bridgehead atoms. The van der Waals surface area contributed by atoms with Crippen LogP contribution in [0.5, 0.6) is 0 Å². The van der Waals surface area contributed by atoms with E-state index >= 15 is 0 Å². The molecule has 2 aromatic carbocycles. The van der Waals surface area contributed by atoms with Crippen LogP contribution in [0.15, 0.2) is 53.1 Å². The predicted molar refractivity (Wildman–Crippen MR) is 115 cm³/mol. The van der Waals surface area contributed by atoms with E-state index in [0.717, 1.165) is 55.4 Å². The number of rotatable bonds is 1. The Kier molecular flexibility index (Phi) is 2.93. The third-order valence-corrected chi connectivity index (χ3v) is 5.51. The molecule has 0 fully saturated rings. The number of furan rings is 1. The average molecular weight is 370 g/mol. The van der Waals surface area contributed by atoms with Crippen molar-refractivity contribution in [3.05, 3.63) is 70.9 Å². The second-order valence-corrected chi connectivity index (χ2v) is 7.63. The van der Waals surface area contributed by atoms with Crippen LogP contribution >= 0.6 is 0 Å². The smallest absolute Gasteiger partial charge is 0.216 e. The van der Waals surface area contributed by atoms with Crippen molar-refractivity contribution in [2.45, 2.75) is 27.6 Å². The first-order valence-electron chi connectivity index (χ1n) is 10.9. The van der Waals surface area contributed by atoms with Crippen LogP contribution in [0.3, 0.4) is 0 Å². The van der Waals surface area contributed by atoms with Gasteiger partial charge in [-0.15, -0.1) is 0 Å². The minimum absolute atomic E-state index is 0.358. The first-order chi connectivity index (χ1) is 14.6. The van der Waals surface area contributed by atoms with Crippen molar-refractivity contribution >= 4 is 33.0 Å². The third-order valence-electron chi connectivity index (χ3n) is 5.51. The molecule has 3 aromatic heterocycles. The van der Waals surface area contributed by atoms with Gasteiger partial charge in [0, 0.05) is 26.5 Å². The van der Waals surface area contributed by atoms with Gasteiger partial charge in [0.1, 0.15) is 12.6 Å². The molecule has 0 aliphatic carbocycles. The summed E-state index contributed by atoms with van der Waals surface area (Å²) in [7, 11) is 1.88. The average Bonchev–Trinajstić information content (AvgIpc) is 3.04. The van der Waals surface area contributed by atoms with Gasteiger partial charge < -0.3 is 4.42 Å². The van der Waals surface area contributed by atoms with E-state index in [4.69, 9.17) is 13.5 Å². The van der Waals surface area contributed by atoms with Crippen molar-refractivity contribution in [1.82, 2.24) is 4.98 Å². The fraction of sp³-hybridized carbons (Fsp3) is 0.200. The summed E-state index contributed by atoms with van der Waals surface area (Å²) < 4.78 is 31.7. The van der Waals surface area contributed by atoms with E-state index in [-0.39, 0.29) is 0 Å². The van der Waals surface area contributed by atoms with Gasteiger partial charge >= 0.3 is 0 Å². The lowest BCUT2D eigenvalue weighted by molar-refractivity contribution is -0.660. The zero-order valence-electron chi connectivity index (χ0n) is 19.4. The zero-order valence-corrected chi connectivity index (χ0v) is 16.4. The molecule has 0 amide bonds. The standard InChI is InChI=1S/C25H23N2O/c1-14-6-9-20-18(10-14)12-22-24(26-20)19-8-7-15(2)23(25(19)28-22)21-11-16(3)17(4)13-27(21)5/h6-13H,1-5H3/q+1/i4D3. The van der Waals surface area contributed by atoms with Crippen molar-refractivity contribution in [2.24, 2.45) is 7.05 Å². The normalized spacial score (nSPS) is 13.8. The van der Waals surface area contributed by atoms with E-state index in [9.17, 15) is 0 Å². The van der Waals surface area contributed by atoms with Crippen LogP contribution < -0.4 is 4.57 Å². The molecule has 0 saturated carbocycles. The van der Waals surface area contributed by atoms with Crippen LogP contribution in [0.2, 0.25) is 0 Å². The van der Waals surface area contributed by atoms with E-state index in [1.807, 2.05) is 43.7 Å². The quantitative estimate of drug-likeness (QED) is 0.346. The Morgan fingerprint density at radius 3 is 2.64 bits per heavy atom. The van der Waals surface area contributed by atoms with Gasteiger partial charge in [-0.3, -0.25) is 0 Å². The van der Waals surface area contributed by atoms with E-state index in [2.05, 4.69) is 31.2 Å². The molecule has 0 saturated heterocycles. The molecular weight excluding hydrogens is 344 g/mol. The van der Waals surface area contributed by atoms with Crippen molar-refractivity contribution < 1.29 is 13.1 Å². The second-order valence-electron chi connectivity index (χ2n) is 7.63. The van der Waals surface area contributed by atoms with Crippen molar-refractivity contribution in [3.8, 4) is 11.3 Å². The third kappa shape index (κ3) is 2.43. The number of fused-ring (bicyclic) bond motifs is 4. The maximum atomic E-state index is 7.81. The summed E-state index contributed by atoms with van der Waals surface area (Å²) in [6, 6.07) is 14.3. The molecule has 0 spiro atoms. The second kappa shape index (κ2) is 5.90. The summed E-state index contributed by atoms with van der Waals surface area (Å²) in [6.45, 7) is 3.80. The van der Waals surface area contributed by atoms with Crippen LogP contribution in [0.25, 0.3) is 44.2 Å². The summed E-state index contributed by atoms with van der Waals surface area (Å²) in [6.07, 6.45) is 1.70. The number of nitrogens with zero attached hydrogens (tertiary/aromatic N) is 2. The summed E-state index contributed by atoms with van der Waals surface area (Å²) in [5, 5.41) is 2.00. The van der Waals surface area contributed by atoms with E-state index < -0.39 is 6.85 Å². The van der Waals surface area contributed by atoms with E-state index in [1.54, 1.807) is 6.20 Å². The Morgan fingerprint density at radius 1 is 0.964 bits per heavy atom. The number of aryl methyl sites for hydroxylation is 5. The van der Waals surface area contributed by atoms with Gasteiger partial charge in [-0.05, 0) is 63.0 Å². The number of benzene rings is 2. The van der Waals surface area contributed by atoms with Gasteiger partial charge in [0.15, 0.2) is 17.4 Å². The Hall–Kier alpha value is -3.20. The van der Waals surface area contributed by atoms with Gasteiger partial charge in [0.25, 0.3) is 0 Å². The lowest BCUT2D eigenvalue weighted by Gasteiger charge is -2.07. The minimum atomic E-state index is -2.15. The molecule has 0 N–H and O–H groups in total. The van der Waals surface area contributed by atoms with Crippen molar-refractivity contribution in [2.75, 3.05) is 0 Å². The highest BCUT2D eigenvalue weighted by Gasteiger charge is 2.22. The topological polar surface area (TPSA) is 29.9 Å². The van der Waals surface area contributed by atoms with Crippen LogP contribution in [0.1, 0.15) is 26.4 Å². The Bertz CT molecular complexity index is 1510. The molecule has 138 valence electrons. The van der Waals surface area contributed by atoms with Gasteiger partial charge in [0.2, 0.25) is 5.69 Å². The lowest BCUT2D eigenvalue weighted by Crippen LogP contribution is -2.31. The summed E-state index contributed by atoms with van der Waals surface area (Å²) >= 11 is 0. The summed E-state index contributed by atoms with van der Waals surface area (Å²) in [5.41, 5.74) is 8.49. The molecule has 0 radical (unpaired) electrons. The van der Waals surface area contributed by atoms with Gasteiger partial charge in [-0.2, -0.15) is 0 Å². The minimum Gasteiger partial charge on any atom is -0.453 e. The fourth-order valence-corrected chi connectivity index (χ4v) is 3.95. The van der Waals surface area contributed by atoms with Crippen LogP contribution in [-0.4, -0.2) is 4.98 Å². The highest BCUT2D eigenvalue weighted by Crippen LogP contribution is 2.37. The molecule has 0 unspecified atom stereocenters. The van der Waals surface area contributed by atoms with Gasteiger partial charge in [-0.1, -0.05) is 17.7 Å². The predicted octanol–water partition coefficient (Wildman–Crippen LogP) is 5.86. The summed E-state index contributed by atoms with van der Waals surface area (Å²) in [5.74, 6) is 0. The lowest BCUT2D eigenvalue weighted by atomic mass is 9.99. The van der Waals surface area contributed by atoms with Crippen molar-refractivity contribution in [3.63, 3.8) is 0 Å². The molecule has 3 nitrogen and oxygen atoms in total. The summed E-state index contributed by atoms with van der Waals surface area (Å²) in [4.78, 5) is 4.88. The Morgan fingerprint density at radius 2 is 1.82 bits per heavy atom. The first-order valence-corrected chi connectivity index (χ1v) is 9.38. The molecule has 28 heavy (non-hydrogen) atoms. The fourth-order valence-electron chi connectivity index (χ4n) is 3.95. The van der Waals surface area contributed by atoms with Gasteiger partial charge in [-0.25, -0.2) is 9.55 Å². The van der Waals surface area contributed by atoms with Crippen molar-refractivity contribution in [1.29, 1.82) is 0 Å². The number of pyridine rings is 2. The molecular formula is C25H23N2O+. The van der Waals surface area contributed by atoms with Crippen LogP contribution in [0.4, 0.5) is 0 Å².